The second-order valence-corrected chi connectivity index (χ2v) is 8.64. The summed E-state index contributed by atoms with van der Waals surface area (Å²) in [5.74, 6) is 0.885. The molecule has 0 radical (unpaired) electrons. The van der Waals surface area contributed by atoms with Gasteiger partial charge in [-0.25, -0.2) is 0 Å². The van der Waals surface area contributed by atoms with Crippen molar-refractivity contribution in [3.05, 3.63) is 65.9 Å². The molecule has 3 rings (SSSR count). The number of rotatable bonds is 7. The molecule has 1 unspecified atom stereocenters. The number of ketones is 1. The van der Waals surface area contributed by atoms with Gasteiger partial charge in [-0.1, -0.05) is 11.2 Å². The smallest absolute Gasteiger partial charge is 0.238 e. The van der Waals surface area contributed by atoms with Gasteiger partial charge in [-0.05, 0) is 75.5 Å². The third-order valence-corrected chi connectivity index (χ3v) is 5.50. The summed E-state index contributed by atoms with van der Waals surface area (Å²) in [5, 5.41) is 12.8. The van der Waals surface area contributed by atoms with Gasteiger partial charge in [-0.2, -0.15) is 0 Å². The maximum absolute atomic E-state index is 12.4. The molecule has 1 aromatic heterocycles. The van der Waals surface area contributed by atoms with Gasteiger partial charge < -0.3 is 20.5 Å². The highest BCUT2D eigenvalue weighted by Crippen LogP contribution is 2.26. The SMILES string of the molecule is CC(=O)c1ccc(NC(=S)Nc2cccc(SC(C)C(=O)Nc3cc(C)on3)c2)cc1. The maximum Gasteiger partial charge on any atom is 0.238 e. The number of Topliss-reactive ketones (excluding diaryl/α,β-unsaturated/α-hetero) is 1. The van der Waals surface area contributed by atoms with Crippen LogP contribution in [-0.4, -0.2) is 27.2 Å². The number of amides is 1. The van der Waals surface area contributed by atoms with Crippen LogP contribution in [0.1, 0.15) is 30.0 Å². The highest BCUT2D eigenvalue weighted by molar-refractivity contribution is 8.00. The first kappa shape index (κ1) is 22.5. The zero-order valence-corrected chi connectivity index (χ0v) is 18.9. The third kappa shape index (κ3) is 6.66. The highest BCUT2D eigenvalue weighted by Gasteiger charge is 2.16. The second-order valence-electron chi connectivity index (χ2n) is 6.81. The number of anilines is 3. The Morgan fingerprint density at radius 3 is 2.39 bits per heavy atom. The minimum Gasteiger partial charge on any atom is -0.360 e. The van der Waals surface area contributed by atoms with Crippen LogP contribution in [0, 0.1) is 6.92 Å². The van der Waals surface area contributed by atoms with Crippen LogP contribution in [0.4, 0.5) is 17.2 Å². The quantitative estimate of drug-likeness (QED) is 0.257. The van der Waals surface area contributed by atoms with E-state index >= 15 is 0 Å². The second kappa shape index (κ2) is 10.2. The van der Waals surface area contributed by atoms with Crippen LogP contribution in [0.15, 0.2) is 64.0 Å². The molecule has 31 heavy (non-hydrogen) atoms. The van der Waals surface area contributed by atoms with Crippen LogP contribution in [0.5, 0.6) is 0 Å². The number of nitrogens with one attached hydrogen (secondary N) is 3. The number of aromatic nitrogens is 1. The molecular formula is C22H22N4O3S2. The van der Waals surface area contributed by atoms with Gasteiger partial charge in [0.15, 0.2) is 16.7 Å². The number of benzene rings is 2. The van der Waals surface area contributed by atoms with E-state index in [2.05, 4.69) is 21.1 Å². The molecule has 0 aliphatic carbocycles. The van der Waals surface area contributed by atoms with E-state index in [0.717, 1.165) is 16.3 Å². The number of aryl methyl sites for hydroxylation is 1. The predicted molar refractivity (Wildman–Crippen MR) is 128 cm³/mol. The van der Waals surface area contributed by atoms with Gasteiger partial charge in [-0.15, -0.1) is 11.8 Å². The molecule has 0 spiro atoms. The third-order valence-electron chi connectivity index (χ3n) is 4.20. The van der Waals surface area contributed by atoms with E-state index < -0.39 is 0 Å². The Hall–Kier alpha value is -3.17. The fourth-order valence-electron chi connectivity index (χ4n) is 2.64. The number of carbonyl (C=O) groups excluding carboxylic acids is 2. The van der Waals surface area contributed by atoms with Gasteiger partial charge in [-0.3, -0.25) is 9.59 Å². The number of hydrogen-bond donors (Lipinski definition) is 3. The lowest BCUT2D eigenvalue weighted by atomic mass is 10.1. The predicted octanol–water partition coefficient (Wildman–Crippen LogP) is 5.11. The summed E-state index contributed by atoms with van der Waals surface area (Å²) >= 11 is 6.80. The first-order valence-electron chi connectivity index (χ1n) is 9.50. The fraction of sp³-hybridized carbons (Fsp3) is 0.182. The summed E-state index contributed by atoms with van der Waals surface area (Å²) in [4.78, 5) is 24.7. The van der Waals surface area contributed by atoms with Gasteiger partial charge in [0.2, 0.25) is 5.91 Å². The molecule has 0 saturated carbocycles. The van der Waals surface area contributed by atoms with Gasteiger partial charge in [0.25, 0.3) is 0 Å². The molecule has 2 aromatic carbocycles. The normalized spacial score (nSPS) is 11.5. The van der Waals surface area contributed by atoms with Crippen molar-refractivity contribution in [1.29, 1.82) is 0 Å². The summed E-state index contributed by atoms with van der Waals surface area (Å²) in [6.07, 6.45) is 0. The summed E-state index contributed by atoms with van der Waals surface area (Å²) in [5.41, 5.74) is 2.22. The van der Waals surface area contributed by atoms with E-state index in [-0.39, 0.29) is 16.9 Å². The van der Waals surface area contributed by atoms with Crippen molar-refractivity contribution < 1.29 is 14.1 Å². The first-order valence-corrected chi connectivity index (χ1v) is 10.8. The molecule has 1 amide bonds. The van der Waals surface area contributed by atoms with Crippen LogP contribution in [0.2, 0.25) is 0 Å². The summed E-state index contributed by atoms with van der Waals surface area (Å²) < 4.78 is 4.96. The Morgan fingerprint density at radius 1 is 1.03 bits per heavy atom. The van der Waals surface area contributed by atoms with Crippen molar-refractivity contribution in [2.75, 3.05) is 16.0 Å². The van der Waals surface area contributed by atoms with Crippen LogP contribution in [0.3, 0.4) is 0 Å². The number of nitrogens with zero attached hydrogens (tertiary/aromatic N) is 1. The van der Waals surface area contributed by atoms with Crippen LogP contribution >= 0.6 is 24.0 Å². The lowest BCUT2D eigenvalue weighted by Gasteiger charge is -2.13. The molecule has 1 atom stereocenters. The lowest BCUT2D eigenvalue weighted by Crippen LogP contribution is -2.22. The molecule has 0 saturated heterocycles. The molecule has 1 heterocycles. The van der Waals surface area contributed by atoms with Crippen molar-refractivity contribution >= 4 is 58.0 Å². The van der Waals surface area contributed by atoms with Crippen LogP contribution < -0.4 is 16.0 Å². The van der Waals surface area contributed by atoms with Crippen LogP contribution in [-0.2, 0) is 4.79 Å². The van der Waals surface area contributed by atoms with E-state index in [4.69, 9.17) is 16.7 Å². The monoisotopic (exact) mass is 454 g/mol. The molecule has 0 aliphatic heterocycles. The van der Waals surface area contributed by atoms with Crippen molar-refractivity contribution in [3.63, 3.8) is 0 Å². The minimum atomic E-state index is -0.336. The highest BCUT2D eigenvalue weighted by atomic mass is 32.2. The first-order chi connectivity index (χ1) is 14.8. The van der Waals surface area contributed by atoms with Crippen molar-refractivity contribution in [3.8, 4) is 0 Å². The molecule has 0 fully saturated rings. The Labute approximate surface area is 190 Å². The average Bonchev–Trinajstić information content (AvgIpc) is 3.13. The standard InChI is InChI=1S/C22H22N4O3S2/c1-13-11-20(26-29-13)25-21(28)15(3)31-19-6-4-5-18(12-19)24-22(30)23-17-9-7-16(8-10-17)14(2)27/h4-12,15H,1-3H3,(H2,23,24,30)(H,25,26,28). The zero-order valence-electron chi connectivity index (χ0n) is 17.3. The molecule has 160 valence electrons. The largest absolute Gasteiger partial charge is 0.360 e. The lowest BCUT2D eigenvalue weighted by molar-refractivity contribution is -0.115. The van der Waals surface area contributed by atoms with Crippen LogP contribution in [0.25, 0.3) is 0 Å². The van der Waals surface area contributed by atoms with E-state index in [9.17, 15) is 9.59 Å². The van der Waals surface area contributed by atoms with E-state index in [1.807, 2.05) is 31.2 Å². The van der Waals surface area contributed by atoms with Crippen molar-refractivity contribution in [2.24, 2.45) is 0 Å². The van der Waals surface area contributed by atoms with Gasteiger partial charge >= 0.3 is 0 Å². The molecular weight excluding hydrogens is 432 g/mol. The Bertz CT molecular complexity index is 1100. The number of thiocarbonyl (C=S) groups is 1. The summed E-state index contributed by atoms with van der Waals surface area (Å²) in [7, 11) is 0. The molecule has 0 bridgehead atoms. The van der Waals surface area contributed by atoms with Gasteiger partial charge in [0, 0.05) is 27.9 Å². The Balaban J connectivity index is 1.55. The fourth-order valence-corrected chi connectivity index (χ4v) is 3.80. The zero-order chi connectivity index (χ0) is 22.4. The molecule has 3 N–H and O–H groups in total. The molecule has 3 aromatic rings. The maximum atomic E-state index is 12.4. The molecule has 9 heteroatoms. The van der Waals surface area contributed by atoms with Gasteiger partial charge in [0.05, 0.1) is 5.25 Å². The average molecular weight is 455 g/mol. The Kier molecular flexibility index (Phi) is 7.43. The number of thioether (sulfide) groups is 1. The molecule has 0 aliphatic rings. The Morgan fingerprint density at radius 2 is 1.74 bits per heavy atom. The van der Waals surface area contributed by atoms with E-state index in [0.29, 0.717) is 22.3 Å². The van der Waals surface area contributed by atoms with Crippen molar-refractivity contribution in [2.45, 2.75) is 30.9 Å². The minimum absolute atomic E-state index is 0.0145. The number of carbonyl (C=O) groups is 2. The van der Waals surface area contributed by atoms with Gasteiger partial charge in [0.1, 0.15) is 5.76 Å². The summed E-state index contributed by atoms with van der Waals surface area (Å²) in [6, 6.07) is 16.4. The molecule has 7 nitrogen and oxygen atoms in total. The number of hydrogen-bond acceptors (Lipinski definition) is 6. The van der Waals surface area contributed by atoms with E-state index in [1.165, 1.54) is 18.7 Å². The topological polar surface area (TPSA) is 96.3 Å². The summed E-state index contributed by atoms with van der Waals surface area (Å²) in [6.45, 7) is 5.11. The van der Waals surface area contributed by atoms with Crippen molar-refractivity contribution in [1.82, 2.24) is 5.16 Å². The van der Waals surface area contributed by atoms with E-state index in [1.54, 1.807) is 37.3 Å².